The van der Waals surface area contributed by atoms with Crippen molar-refractivity contribution in [3.05, 3.63) is 41.2 Å². The maximum atomic E-state index is 7.38. The van der Waals surface area contributed by atoms with E-state index >= 15 is 0 Å². The highest BCUT2D eigenvalue weighted by atomic mass is 15.3. The predicted octanol–water partition coefficient (Wildman–Crippen LogP) is 1.64. The molecule has 0 aromatic heterocycles. The van der Waals surface area contributed by atoms with E-state index in [9.17, 15) is 0 Å². The van der Waals surface area contributed by atoms with E-state index in [0.717, 1.165) is 13.0 Å². The monoisotopic (exact) mass is 146 g/mol. The van der Waals surface area contributed by atoms with Gasteiger partial charge in [-0.25, -0.2) is 0 Å². The van der Waals surface area contributed by atoms with Crippen LogP contribution in [0.4, 0.5) is 0 Å². The van der Waals surface area contributed by atoms with Crippen LogP contribution in [-0.4, -0.2) is 17.4 Å². The van der Waals surface area contributed by atoms with Crippen LogP contribution < -0.4 is 0 Å². The van der Waals surface area contributed by atoms with E-state index in [4.69, 9.17) is 5.84 Å². The first-order chi connectivity index (χ1) is 5.36. The third-order valence-electron chi connectivity index (χ3n) is 1.97. The van der Waals surface area contributed by atoms with E-state index in [1.165, 1.54) is 15.8 Å². The lowest BCUT2D eigenvalue weighted by atomic mass is 10.0. The van der Waals surface area contributed by atoms with Crippen LogP contribution in [0.15, 0.2) is 24.3 Å². The fraction of sp³-hybridized carbons (Fsp3) is 0.222. The number of nitrogens with zero attached hydrogens (tertiary/aromatic N) is 1. The van der Waals surface area contributed by atoms with Crippen LogP contribution in [0.1, 0.15) is 11.1 Å². The van der Waals surface area contributed by atoms with Gasteiger partial charge in [0, 0.05) is 12.0 Å². The molecule has 11 heavy (non-hydrogen) atoms. The number of fused-ring (bicyclic) bond motifs is 1. The fourth-order valence-electron chi connectivity index (χ4n) is 1.36. The maximum Gasteiger partial charge on any atom is 0.166 e. The minimum atomic E-state index is 0.816. The lowest BCUT2D eigenvalue weighted by molar-refractivity contribution is -0.453. The van der Waals surface area contributed by atoms with E-state index in [1.54, 1.807) is 0 Å². The second-order valence-electron chi connectivity index (χ2n) is 2.77. The summed E-state index contributed by atoms with van der Waals surface area (Å²) in [5.41, 5.74) is 2.55. The van der Waals surface area contributed by atoms with Gasteiger partial charge in [-0.3, -0.25) is 4.68 Å². The second-order valence-corrected chi connectivity index (χ2v) is 2.77. The summed E-state index contributed by atoms with van der Waals surface area (Å²) in [4.78, 5) is 0. The van der Waals surface area contributed by atoms with Crippen molar-refractivity contribution in [3.8, 4) is 0 Å². The topological polar surface area (TPSA) is 26.8 Å². The van der Waals surface area contributed by atoms with Gasteiger partial charge in [0.25, 0.3) is 0 Å². The highest BCUT2D eigenvalue weighted by molar-refractivity contribution is 5.78. The molecule has 0 spiro atoms. The van der Waals surface area contributed by atoms with Crippen LogP contribution in [0.5, 0.6) is 0 Å². The fourth-order valence-corrected chi connectivity index (χ4v) is 1.36. The Hall–Kier alpha value is -1.31. The molecule has 0 amide bonds. The lowest BCUT2D eigenvalue weighted by Gasteiger charge is -2.12. The summed E-state index contributed by atoms with van der Waals surface area (Å²) in [6.45, 7) is 0.816. The van der Waals surface area contributed by atoms with E-state index in [2.05, 4.69) is 12.1 Å². The molecule has 1 aromatic carbocycles. The van der Waals surface area contributed by atoms with Gasteiger partial charge in [-0.05, 0) is 11.6 Å². The molecule has 1 aliphatic rings. The Balaban J connectivity index is 2.51. The standard InChI is InChI=1S/C9H10N2/c10-11-6-5-8-3-1-2-4-9(8)7-11/h1-4,7,10H,5-6H2. The van der Waals surface area contributed by atoms with Gasteiger partial charge >= 0.3 is 0 Å². The average molecular weight is 146 g/mol. The molecule has 1 heterocycles. The van der Waals surface area contributed by atoms with Crippen molar-refractivity contribution < 1.29 is 4.68 Å². The summed E-state index contributed by atoms with van der Waals surface area (Å²) in [5, 5.41) is 0. The number of benzene rings is 1. The van der Waals surface area contributed by atoms with Crippen LogP contribution in [0.2, 0.25) is 0 Å². The number of rotatable bonds is 0. The van der Waals surface area contributed by atoms with E-state index in [-0.39, 0.29) is 0 Å². The molecule has 0 bridgehead atoms. The number of hydrogen-bond donors (Lipinski definition) is 0. The van der Waals surface area contributed by atoms with Crippen molar-refractivity contribution in [2.45, 2.75) is 6.42 Å². The average Bonchev–Trinajstić information content (AvgIpc) is 2.04. The van der Waals surface area contributed by atoms with Crippen LogP contribution >= 0.6 is 0 Å². The third-order valence-corrected chi connectivity index (χ3v) is 1.97. The molecular formula is C9H10N2. The van der Waals surface area contributed by atoms with Crippen molar-refractivity contribution in [3.63, 3.8) is 0 Å². The Morgan fingerprint density at radius 2 is 2.09 bits per heavy atom. The molecule has 2 heteroatoms. The smallest absolute Gasteiger partial charge is 0.166 e. The summed E-state index contributed by atoms with van der Waals surface area (Å²) < 4.78 is 1.49. The molecule has 56 valence electrons. The summed E-state index contributed by atoms with van der Waals surface area (Å²) in [7, 11) is 0. The molecule has 0 saturated heterocycles. The normalized spacial score (nSPS) is 15.5. The first kappa shape index (κ1) is 6.40. The van der Waals surface area contributed by atoms with Gasteiger partial charge in [0.05, 0.1) is 0 Å². The predicted molar refractivity (Wildman–Crippen MR) is 44.8 cm³/mol. The van der Waals surface area contributed by atoms with Crippen molar-refractivity contribution in [1.29, 1.82) is 0 Å². The molecule has 0 aliphatic carbocycles. The molecule has 0 atom stereocenters. The molecule has 2 nitrogen and oxygen atoms in total. The highest BCUT2D eigenvalue weighted by Gasteiger charge is 2.08. The van der Waals surface area contributed by atoms with Crippen molar-refractivity contribution >= 4 is 6.21 Å². The Labute approximate surface area is 65.9 Å². The number of nitrogens with one attached hydrogen (secondary N) is 1. The van der Waals surface area contributed by atoms with E-state index in [0.29, 0.717) is 0 Å². The summed E-state index contributed by atoms with van der Waals surface area (Å²) in [5.74, 6) is 7.38. The van der Waals surface area contributed by atoms with Crippen LogP contribution in [0.3, 0.4) is 0 Å². The first-order valence-electron chi connectivity index (χ1n) is 3.77. The molecule has 1 N–H and O–H groups in total. The second kappa shape index (κ2) is 2.38. The van der Waals surface area contributed by atoms with Gasteiger partial charge in [0.15, 0.2) is 6.21 Å². The van der Waals surface area contributed by atoms with Gasteiger partial charge in [0.1, 0.15) is 6.54 Å². The molecule has 0 fully saturated rings. The van der Waals surface area contributed by atoms with Crippen molar-refractivity contribution in [2.24, 2.45) is 0 Å². The zero-order valence-corrected chi connectivity index (χ0v) is 6.25. The molecule has 0 saturated carbocycles. The lowest BCUT2D eigenvalue weighted by Crippen LogP contribution is -2.15. The van der Waals surface area contributed by atoms with Crippen LogP contribution in [0, 0.1) is 0 Å². The van der Waals surface area contributed by atoms with Gasteiger partial charge in [-0.15, -0.1) is 0 Å². The molecule has 1 aromatic rings. The Bertz CT molecular complexity index is 302. The maximum absolute atomic E-state index is 7.38. The van der Waals surface area contributed by atoms with Crippen LogP contribution in [-0.2, 0) is 6.42 Å². The van der Waals surface area contributed by atoms with Gasteiger partial charge in [0.2, 0.25) is 0 Å². The zero-order valence-electron chi connectivity index (χ0n) is 6.25. The van der Waals surface area contributed by atoms with Gasteiger partial charge in [-0.1, -0.05) is 18.2 Å². The molecule has 0 unspecified atom stereocenters. The Morgan fingerprint density at radius 3 is 3.00 bits per heavy atom. The van der Waals surface area contributed by atoms with E-state index in [1.807, 2.05) is 18.3 Å². The molecular weight excluding hydrogens is 136 g/mol. The Morgan fingerprint density at radius 1 is 1.27 bits per heavy atom. The van der Waals surface area contributed by atoms with Gasteiger partial charge in [-0.2, -0.15) is 0 Å². The number of hydrogen-bond acceptors (Lipinski definition) is 0. The highest BCUT2D eigenvalue weighted by Crippen LogP contribution is 2.10. The van der Waals surface area contributed by atoms with Crippen LogP contribution in [0.25, 0.3) is 5.84 Å². The summed E-state index contributed by atoms with van der Waals surface area (Å²) >= 11 is 0. The molecule has 2 rings (SSSR count). The minimum absolute atomic E-state index is 0.816. The largest absolute Gasteiger partial charge is 0.455 e. The quantitative estimate of drug-likeness (QED) is 0.497. The SMILES string of the molecule is [NH-][N+]1=Cc2ccccc2CC1. The summed E-state index contributed by atoms with van der Waals surface area (Å²) in [6.07, 6.45) is 2.87. The van der Waals surface area contributed by atoms with Gasteiger partial charge < -0.3 is 5.84 Å². The first-order valence-corrected chi connectivity index (χ1v) is 3.77. The van der Waals surface area contributed by atoms with E-state index < -0.39 is 0 Å². The minimum Gasteiger partial charge on any atom is -0.455 e. The third kappa shape index (κ3) is 1.11. The Kier molecular flexibility index (Phi) is 1.39. The molecule has 1 aliphatic heterocycles. The summed E-state index contributed by atoms with van der Waals surface area (Å²) in [6, 6.07) is 8.23. The van der Waals surface area contributed by atoms with Crippen molar-refractivity contribution in [1.82, 2.24) is 0 Å². The molecule has 0 radical (unpaired) electrons. The van der Waals surface area contributed by atoms with Crippen molar-refractivity contribution in [2.75, 3.05) is 6.54 Å². The zero-order chi connectivity index (χ0) is 7.68.